The van der Waals surface area contributed by atoms with Crippen LogP contribution in [0.2, 0.25) is 5.02 Å². The molecule has 0 spiro atoms. The van der Waals surface area contributed by atoms with Gasteiger partial charge in [-0.05, 0) is 30.5 Å². The van der Waals surface area contributed by atoms with Gasteiger partial charge in [-0.2, -0.15) is 0 Å². The molecule has 0 saturated carbocycles. The predicted octanol–water partition coefficient (Wildman–Crippen LogP) is 4.68. The summed E-state index contributed by atoms with van der Waals surface area (Å²) in [7, 11) is 0. The highest BCUT2D eigenvalue weighted by atomic mass is 35.5. The van der Waals surface area contributed by atoms with Crippen molar-refractivity contribution >= 4 is 40.4 Å². The number of anilines is 1. The smallest absolute Gasteiger partial charge is 0.289 e. The van der Waals surface area contributed by atoms with Crippen LogP contribution in [0.5, 0.6) is 0 Å². The Morgan fingerprint density at radius 1 is 1.00 bits per heavy atom. The molecule has 10 heteroatoms. The van der Waals surface area contributed by atoms with Gasteiger partial charge in [0.1, 0.15) is 5.02 Å². The summed E-state index contributed by atoms with van der Waals surface area (Å²) in [4.78, 5) is 48.7. The Morgan fingerprint density at radius 2 is 1.77 bits per heavy atom. The van der Waals surface area contributed by atoms with Crippen molar-refractivity contribution in [3.05, 3.63) is 84.5 Å². The quantitative estimate of drug-likeness (QED) is 0.501. The molecule has 0 aromatic heterocycles. The van der Waals surface area contributed by atoms with Gasteiger partial charge in [-0.25, -0.2) is 0 Å². The van der Waals surface area contributed by atoms with Crippen LogP contribution in [0, 0.1) is 20.2 Å². The Labute approximate surface area is 181 Å². The first-order valence-corrected chi connectivity index (χ1v) is 9.93. The predicted molar refractivity (Wildman–Crippen MR) is 112 cm³/mol. The Kier molecular flexibility index (Phi) is 5.28. The molecule has 2 aromatic rings. The number of non-ortho nitro benzene ring substituents is 1. The Hall–Kier alpha value is -3.59. The number of carbonyl (C=O) groups is 2. The molecule has 0 fully saturated rings. The number of benzene rings is 2. The fourth-order valence-electron chi connectivity index (χ4n) is 4.21. The molecule has 4 rings (SSSR count). The fraction of sp³-hybridized carbons (Fsp3) is 0.238. The van der Waals surface area contributed by atoms with Gasteiger partial charge in [-0.15, -0.1) is 0 Å². The highest BCUT2D eigenvalue weighted by molar-refractivity contribution is 6.32. The van der Waals surface area contributed by atoms with Crippen molar-refractivity contribution < 1.29 is 19.4 Å². The number of allylic oxidation sites excluding steroid dienone is 2. The van der Waals surface area contributed by atoms with Crippen LogP contribution < -0.4 is 4.90 Å². The standard InChI is InChI=1S/C21H16ClN3O6/c22-16-8-7-13(10-18(16)25(30)31)23-17-5-2-6-19(26)21(17)15(11-20(23)27)12-3-1-4-14(9-12)24(28)29/h1,3-4,7-10,15H,2,5-6,11H2. The van der Waals surface area contributed by atoms with Crippen molar-refractivity contribution in [1.82, 2.24) is 0 Å². The van der Waals surface area contributed by atoms with Gasteiger partial charge in [-0.1, -0.05) is 23.7 Å². The van der Waals surface area contributed by atoms with Gasteiger partial charge in [-0.3, -0.25) is 34.7 Å². The molecule has 1 unspecified atom stereocenters. The Balaban J connectivity index is 1.86. The topological polar surface area (TPSA) is 124 Å². The Morgan fingerprint density at radius 3 is 2.48 bits per heavy atom. The van der Waals surface area contributed by atoms with Crippen molar-refractivity contribution in [2.24, 2.45) is 0 Å². The van der Waals surface area contributed by atoms with E-state index in [9.17, 15) is 29.8 Å². The van der Waals surface area contributed by atoms with Gasteiger partial charge >= 0.3 is 0 Å². The lowest BCUT2D eigenvalue weighted by Crippen LogP contribution is -2.40. The number of ketones is 1. The summed E-state index contributed by atoms with van der Waals surface area (Å²) in [6, 6.07) is 10.0. The number of nitro benzene ring substituents is 2. The molecular formula is C21H16ClN3O6. The van der Waals surface area contributed by atoms with E-state index in [0.29, 0.717) is 36.1 Å². The maximum Gasteiger partial charge on any atom is 0.289 e. The largest absolute Gasteiger partial charge is 0.294 e. The number of amides is 1. The lowest BCUT2D eigenvalue weighted by molar-refractivity contribution is -0.385. The highest BCUT2D eigenvalue weighted by Gasteiger charge is 2.40. The summed E-state index contributed by atoms with van der Waals surface area (Å²) in [5.41, 5.74) is 1.25. The van der Waals surface area contributed by atoms with Gasteiger partial charge in [0.25, 0.3) is 11.4 Å². The molecule has 158 valence electrons. The average molecular weight is 442 g/mol. The molecule has 9 nitrogen and oxygen atoms in total. The number of nitro groups is 2. The van der Waals surface area contributed by atoms with Gasteiger partial charge in [0, 0.05) is 48.2 Å². The number of Topliss-reactive ketones (excluding diaryl/α,β-unsaturated/α-hetero) is 1. The average Bonchev–Trinajstić information content (AvgIpc) is 2.74. The number of halogens is 1. The van der Waals surface area contributed by atoms with Gasteiger partial charge in [0.15, 0.2) is 5.78 Å². The van der Waals surface area contributed by atoms with Crippen LogP contribution >= 0.6 is 11.6 Å². The number of nitrogens with zero attached hydrogens (tertiary/aromatic N) is 3. The van der Waals surface area contributed by atoms with Gasteiger partial charge in [0.2, 0.25) is 5.91 Å². The van der Waals surface area contributed by atoms with E-state index in [0.717, 1.165) is 0 Å². The minimum atomic E-state index is -0.631. The maximum atomic E-state index is 13.2. The van der Waals surface area contributed by atoms with Crippen LogP contribution in [0.3, 0.4) is 0 Å². The third kappa shape index (κ3) is 3.68. The molecule has 1 heterocycles. The number of rotatable bonds is 4. The minimum Gasteiger partial charge on any atom is -0.294 e. The first-order chi connectivity index (χ1) is 14.8. The van der Waals surface area contributed by atoms with Crippen molar-refractivity contribution in [2.45, 2.75) is 31.6 Å². The van der Waals surface area contributed by atoms with Crippen LogP contribution in [-0.4, -0.2) is 21.5 Å². The molecule has 2 aliphatic rings. The summed E-state index contributed by atoms with van der Waals surface area (Å²) in [5.74, 6) is -1.07. The summed E-state index contributed by atoms with van der Waals surface area (Å²) in [5, 5.41) is 22.4. The molecule has 1 atom stereocenters. The lowest BCUT2D eigenvalue weighted by Gasteiger charge is -2.38. The normalized spacial score (nSPS) is 18.7. The van der Waals surface area contributed by atoms with Crippen molar-refractivity contribution in [1.29, 1.82) is 0 Å². The summed E-state index contributed by atoms with van der Waals surface area (Å²) >= 11 is 5.90. The molecule has 1 aliphatic carbocycles. The van der Waals surface area contributed by atoms with Crippen molar-refractivity contribution in [3.8, 4) is 0 Å². The van der Waals surface area contributed by atoms with E-state index in [1.807, 2.05) is 0 Å². The number of hydrogen-bond acceptors (Lipinski definition) is 6. The zero-order valence-electron chi connectivity index (χ0n) is 16.1. The van der Waals surface area contributed by atoms with Gasteiger partial charge in [0.05, 0.1) is 15.5 Å². The van der Waals surface area contributed by atoms with E-state index in [4.69, 9.17) is 11.6 Å². The van der Waals surface area contributed by atoms with E-state index in [2.05, 4.69) is 0 Å². The SMILES string of the molecule is O=C1CCCC2=C1C(c1cccc([N+](=O)[O-])c1)CC(=O)N2c1ccc(Cl)c([N+](=O)[O-])c1. The van der Waals surface area contributed by atoms with E-state index < -0.39 is 15.8 Å². The van der Waals surface area contributed by atoms with E-state index in [1.54, 1.807) is 6.07 Å². The van der Waals surface area contributed by atoms with Crippen LogP contribution in [0.25, 0.3) is 0 Å². The monoisotopic (exact) mass is 441 g/mol. The van der Waals surface area contributed by atoms with Crippen molar-refractivity contribution in [3.63, 3.8) is 0 Å². The number of carbonyl (C=O) groups excluding carboxylic acids is 2. The third-order valence-corrected chi connectivity index (χ3v) is 5.86. The van der Waals surface area contributed by atoms with Crippen molar-refractivity contribution in [2.75, 3.05) is 4.90 Å². The number of hydrogen-bond donors (Lipinski definition) is 0. The molecule has 1 amide bonds. The Bertz CT molecular complexity index is 1180. The van der Waals surface area contributed by atoms with E-state index in [1.165, 1.54) is 41.3 Å². The lowest BCUT2D eigenvalue weighted by atomic mass is 9.77. The third-order valence-electron chi connectivity index (χ3n) is 5.54. The van der Waals surface area contributed by atoms with Crippen LogP contribution in [0.15, 0.2) is 53.7 Å². The highest BCUT2D eigenvalue weighted by Crippen LogP contribution is 2.44. The van der Waals surface area contributed by atoms with E-state index in [-0.39, 0.29) is 40.2 Å². The molecule has 2 aromatic carbocycles. The molecular weight excluding hydrogens is 426 g/mol. The molecule has 0 N–H and O–H groups in total. The van der Waals surface area contributed by atoms with Crippen LogP contribution in [0.4, 0.5) is 17.1 Å². The zero-order chi connectivity index (χ0) is 22.3. The summed E-state index contributed by atoms with van der Waals surface area (Å²) < 4.78 is 0. The van der Waals surface area contributed by atoms with Gasteiger partial charge < -0.3 is 0 Å². The molecule has 1 aliphatic heterocycles. The van der Waals surface area contributed by atoms with E-state index >= 15 is 0 Å². The second-order valence-corrected chi connectivity index (χ2v) is 7.78. The summed E-state index contributed by atoms with van der Waals surface area (Å²) in [6.45, 7) is 0. The molecule has 0 radical (unpaired) electrons. The first-order valence-electron chi connectivity index (χ1n) is 9.55. The molecule has 0 saturated heterocycles. The zero-order valence-corrected chi connectivity index (χ0v) is 16.9. The molecule has 0 bridgehead atoms. The summed E-state index contributed by atoms with van der Waals surface area (Å²) in [6.07, 6.45) is 1.21. The first kappa shape index (κ1) is 20.7. The van der Waals surface area contributed by atoms with Crippen LogP contribution in [0.1, 0.15) is 37.2 Å². The minimum absolute atomic E-state index is 0.0541. The fourth-order valence-corrected chi connectivity index (χ4v) is 4.40. The maximum absolute atomic E-state index is 13.2. The molecule has 31 heavy (non-hydrogen) atoms. The van der Waals surface area contributed by atoms with Crippen LogP contribution in [-0.2, 0) is 9.59 Å². The second-order valence-electron chi connectivity index (χ2n) is 7.37. The second kappa shape index (κ2) is 7.92.